The first-order valence-corrected chi connectivity index (χ1v) is 9.15. The molecule has 1 aliphatic heterocycles. The third-order valence-corrected chi connectivity index (χ3v) is 4.98. The molecule has 146 valence electrons. The molecule has 0 bridgehead atoms. The highest BCUT2D eigenvalue weighted by Gasteiger charge is 2.26. The molecule has 4 rings (SSSR count). The van der Waals surface area contributed by atoms with E-state index in [1.165, 1.54) is 11.8 Å². The largest absolute Gasteiger partial charge is 0.435 e. The number of primary amides is 1. The number of allylic oxidation sites excluding steroid dienone is 4. The van der Waals surface area contributed by atoms with E-state index in [1.54, 1.807) is 0 Å². The molecule has 2 aliphatic rings. The number of aromatic nitrogens is 1. The van der Waals surface area contributed by atoms with E-state index in [9.17, 15) is 13.6 Å². The number of carbonyl (C=O) groups is 1. The quantitative estimate of drug-likeness (QED) is 0.844. The monoisotopic (exact) mass is 386 g/mol. The summed E-state index contributed by atoms with van der Waals surface area (Å²) in [7, 11) is 0. The molecular formula is C20H20F2N4O2. The lowest BCUT2D eigenvalue weighted by Gasteiger charge is -2.32. The fourth-order valence-electron chi connectivity index (χ4n) is 3.54. The van der Waals surface area contributed by atoms with Gasteiger partial charge in [0.15, 0.2) is 11.5 Å². The van der Waals surface area contributed by atoms with Gasteiger partial charge in [-0.25, -0.2) is 13.8 Å². The molecule has 8 heteroatoms. The summed E-state index contributed by atoms with van der Waals surface area (Å²) in [4.78, 5) is 18.1. The molecule has 0 saturated carbocycles. The van der Waals surface area contributed by atoms with Gasteiger partial charge in [-0.05, 0) is 36.6 Å². The maximum atomic E-state index is 14.1. The number of hydrogen-bond acceptors (Lipinski definition) is 5. The lowest BCUT2D eigenvalue weighted by Crippen LogP contribution is -2.43. The van der Waals surface area contributed by atoms with Crippen molar-refractivity contribution in [1.82, 2.24) is 15.2 Å². The van der Waals surface area contributed by atoms with Crippen molar-refractivity contribution in [2.75, 3.05) is 26.2 Å². The standard InChI is InChI=1S/C20H20F2N4O2/c21-14-2-1-3-15(22)16(14)20-25-17(19(23)27)18(28-20)12-4-6-13(7-5-12)26-10-8-24-9-11-26/h1-4,6,24H,5,7-11H2,(H2,23,27). The average Bonchev–Trinajstić information content (AvgIpc) is 3.14. The number of nitrogens with zero attached hydrogens (tertiary/aromatic N) is 2. The molecule has 1 aromatic carbocycles. The molecule has 0 unspecified atom stereocenters. The Morgan fingerprint density at radius 2 is 1.86 bits per heavy atom. The molecule has 1 amide bonds. The zero-order valence-corrected chi connectivity index (χ0v) is 15.2. The summed E-state index contributed by atoms with van der Waals surface area (Å²) in [5.41, 5.74) is 6.83. The van der Waals surface area contributed by atoms with E-state index in [-0.39, 0.29) is 17.3 Å². The molecule has 3 N–H and O–H groups in total. The summed E-state index contributed by atoms with van der Waals surface area (Å²) in [6.07, 6.45) is 5.23. The minimum absolute atomic E-state index is 0.122. The van der Waals surface area contributed by atoms with Crippen LogP contribution in [0.5, 0.6) is 0 Å². The Morgan fingerprint density at radius 1 is 1.14 bits per heavy atom. The number of hydrogen-bond donors (Lipinski definition) is 2. The number of piperazine rings is 1. The second kappa shape index (κ2) is 7.55. The Labute approximate surface area is 160 Å². The van der Waals surface area contributed by atoms with Crippen LogP contribution < -0.4 is 11.1 Å². The Morgan fingerprint density at radius 3 is 2.46 bits per heavy atom. The summed E-state index contributed by atoms with van der Waals surface area (Å²) in [6.45, 7) is 3.78. The SMILES string of the molecule is NC(=O)c1nc(-c2c(F)cccc2F)oc1C1=CC=C(N2CCNCC2)CC1. The molecule has 2 aromatic rings. The van der Waals surface area contributed by atoms with Gasteiger partial charge in [0.1, 0.15) is 17.2 Å². The van der Waals surface area contributed by atoms with Gasteiger partial charge in [-0.3, -0.25) is 4.79 Å². The summed E-state index contributed by atoms with van der Waals surface area (Å²) in [6, 6.07) is 3.46. The molecule has 1 aromatic heterocycles. The van der Waals surface area contributed by atoms with Crippen LogP contribution in [0, 0.1) is 11.6 Å². The van der Waals surface area contributed by atoms with E-state index >= 15 is 0 Å². The fourth-order valence-corrected chi connectivity index (χ4v) is 3.54. The van der Waals surface area contributed by atoms with Gasteiger partial charge in [0, 0.05) is 31.9 Å². The van der Waals surface area contributed by atoms with Crippen molar-refractivity contribution in [3.05, 3.63) is 59.1 Å². The van der Waals surface area contributed by atoms with E-state index in [2.05, 4.69) is 15.2 Å². The van der Waals surface area contributed by atoms with E-state index in [0.29, 0.717) is 6.42 Å². The summed E-state index contributed by atoms with van der Waals surface area (Å²) >= 11 is 0. The Bertz CT molecular complexity index is 954. The van der Waals surface area contributed by atoms with Crippen molar-refractivity contribution in [2.45, 2.75) is 12.8 Å². The predicted octanol–water partition coefficient (Wildman–Crippen LogP) is 2.69. The molecule has 0 radical (unpaired) electrons. The molecule has 1 fully saturated rings. The normalized spacial score (nSPS) is 17.3. The van der Waals surface area contributed by atoms with Gasteiger partial charge >= 0.3 is 0 Å². The second-order valence-corrected chi connectivity index (χ2v) is 6.74. The van der Waals surface area contributed by atoms with Crippen LogP contribution in [0.1, 0.15) is 29.1 Å². The number of benzene rings is 1. The zero-order chi connectivity index (χ0) is 19.7. The predicted molar refractivity (Wildman–Crippen MR) is 100 cm³/mol. The van der Waals surface area contributed by atoms with Gasteiger partial charge < -0.3 is 20.4 Å². The summed E-state index contributed by atoms with van der Waals surface area (Å²) < 4.78 is 33.8. The maximum absolute atomic E-state index is 14.1. The maximum Gasteiger partial charge on any atom is 0.271 e. The number of carbonyl (C=O) groups excluding carboxylic acids is 1. The van der Waals surface area contributed by atoms with Crippen LogP contribution in [0.4, 0.5) is 8.78 Å². The number of amides is 1. The molecule has 0 atom stereocenters. The lowest BCUT2D eigenvalue weighted by atomic mass is 9.98. The molecule has 2 heterocycles. The zero-order valence-electron chi connectivity index (χ0n) is 15.2. The van der Waals surface area contributed by atoms with E-state index in [1.807, 2.05) is 12.2 Å². The van der Waals surface area contributed by atoms with Crippen molar-refractivity contribution in [1.29, 1.82) is 0 Å². The first kappa shape index (κ1) is 18.4. The smallest absolute Gasteiger partial charge is 0.271 e. The minimum atomic E-state index is -0.817. The third kappa shape index (κ3) is 3.43. The second-order valence-electron chi connectivity index (χ2n) is 6.74. The molecule has 6 nitrogen and oxygen atoms in total. The first-order valence-electron chi connectivity index (χ1n) is 9.15. The third-order valence-electron chi connectivity index (χ3n) is 4.98. The van der Waals surface area contributed by atoms with Crippen LogP contribution in [0.3, 0.4) is 0 Å². The van der Waals surface area contributed by atoms with Crippen LogP contribution in [0.2, 0.25) is 0 Å². The average molecular weight is 386 g/mol. The van der Waals surface area contributed by atoms with Crippen LogP contribution in [0.15, 0.2) is 40.5 Å². The highest BCUT2D eigenvalue weighted by atomic mass is 19.1. The van der Waals surface area contributed by atoms with Gasteiger partial charge in [-0.1, -0.05) is 12.1 Å². The van der Waals surface area contributed by atoms with Gasteiger partial charge in [-0.2, -0.15) is 0 Å². The van der Waals surface area contributed by atoms with Gasteiger partial charge in [0.05, 0.1) is 0 Å². The van der Waals surface area contributed by atoms with Crippen LogP contribution in [0.25, 0.3) is 17.0 Å². The Hall–Kier alpha value is -3.00. The minimum Gasteiger partial charge on any atom is -0.435 e. The Kier molecular flexibility index (Phi) is 4.95. The summed E-state index contributed by atoms with van der Waals surface area (Å²) in [5, 5.41) is 3.32. The van der Waals surface area contributed by atoms with E-state index in [0.717, 1.165) is 50.3 Å². The van der Waals surface area contributed by atoms with Crippen molar-refractivity contribution < 1.29 is 18.0 Å². The van der Waals surface area contributed by atoms with Crippen LogP contribution in [-0.4, -0.2) is 42.0 Å². The van der Waals surface area contributed by atoms with E-state index in [4.69, 9.17) is 10.2 Å². The highest BCUT2D eigenvalue weighted by molar-refractivity contribution is 5.96. The molecule has 0 spiro atoms. The van der Waals surface area contributed by atoms with Crippen LogP contribution in [-0.2, 0) is 0 Å². The fraction of sp³-hybridized carbons (Fsp3) is 0.300. The highest BCUT2D eigenvalue weighted by Crippen LogP contribution is 2.34. The summed E-state index contributed by atoms with van der Waals surface area (Å²) in [5.74, 6) is -2.57. The van der Waals surface area contributed by atoms with E-state index < -0.39 is 23.1 Å². The number of nitrogens with one attached hydrogen (secondary N) is 1. The molecule has 1 saturated heterocycles. The topological polar surface area (TPSA) is 84.4 Å². The molecule has 28 heavy (non-hydrogen) atoms. The van der Waals surface area contributed by atoms with Crippen molar-refractivity contribution in [3.8, 4) is 11.5 Å². The van der Waals surface area contributed by atoms with Gasteiger partial charge in [0.2, 0.25) is 5.89 Å². The molecular weight excluding hydrogens is 366 g/mol. The number of rotatable bonds is 4. The number of nitrogens with two attached hydrogens (primary N) is 1. The lowest BCUT2D eigenvalue weighted by molar-refractivity contribution is 0.0995. The van der Waals surface area contributed by atoms with Crippen LogP contribution >= 0.6 is 0 Å². The number of halogens is 2. The van der Waals surface area contributed by atoms with Gasteiger partial charge in [0.25, 0.3) is 5.91 Å². The first-order chi connectivity index (χ1) is 13.5. The Balaban J connectivity index is 1.70. The molecule has 1 aliphatic carbocycles. The van der Waals surface area contributed by atoms with Gasteiger partial charge in [-0.15, -0.1) is 0 Å². The van der Waals surface area contributed by atoms with Crippen molar-refractivity contribution in [2.24, 2.45) is 5.73 Å². The van der Waals surface area contributed by atoms with Crippen molar-refractivity contribution >= 4 is 11.5 Å². The number of oxazole rings is 1. The van der Waals surface area contributed by atoms with Crippen molar-refractivity contribution in [3.63, 3.8) is 0 Å².